The maximum atomic E-state index is 5.42. The van der Waals surface area contributed by atoms with Crippen LogP contribution < -0.4 is 10.1 Å². The van der Waals surface area contributed by atoms with Crippen LogP contribution in [0, 0.1) is 0 Å². The molecule has 21 heavy (non-hydrogen) atoms. The minimum atomic E-state index is 0.404. The Balaban J connectivity index is 1.97. The number of pyridine rings is 1. The van der Waals surface area contributed by atoms with Gasteiger partial charge < -0.3 is 10.1 Å². The van der Waals surface area contributed by atoms with Crippen LogP contribution in [0.5, 0.6) is 6.01 Å². The van der Waals surface area contributed by atoms with E-state index in [1.165, 1.54) is 12.8 Å². The number of fused-ring (bicyclic) bond motifs is 3. The Labute approximate surface area is 122 Å². The lowest BCUT2D eigenvalue weighted by Gasteiger charge is -2.11. The zero-order valence-corrected chi connectivity index (χ0v) is 11.8. The van der Waals surface area contributed by atoms with Gasteiger partial charge in [0, 0.05) is 23.0 Å². The number of para-hydroxylation sites is 1. The molecular weight excluding hydrogens is 264 g/mol. The lowest BCUT2D eigenvalue weighted by atomic mass is 10.1. The molecule has 2 aromatic heterocycles. The first-order valence-corrected chi connectivity index (χ1v) is 7.30. The van der Waals surface area contributed by atoms with Crippen LogP contribution in [-0.4, -0.2) is 27.6 Å². The maximum absolute atomic E-state index is 5.42. The number of benzene rings is 1. The quantitative estimate of drug-likeness (QED) is 0.744. The van der Waals surface area contributed by atoms with Crippen LogP contribution in [-0.2, 0) is 0 Å². The number of ether oxygens (including phenoxy) is 1. The molecular formula is C16H16N4O. The molecule has 3 aromatic rings. The molecule has 1 aromatic carbocycles. The summed E-state index contributed by atoms with van der Waals surface area (Å²) >= 11 is 0. The van der Waals surface area contributed by atoms with Gasteiger partial charge in [0.05, 0.1) is 12.1 Å². The second-order valence-corrected chi connectivity index (χ2v) is 5.24. The van der Waals surface area contributed by atoms with Crippen LogP contribution in [0.15, 0.2) is 30.5 Å². The van der Waals surface area contributed by atoms with E-state index in [1.807, 2.05) is 31.3 Å². The Bertz CT molecular complexity index is 814. The van der Waals surface area contributed by atoms with Crippen molar-refractivity contribution < 1.29 is 4.74 Å². The second kappa shape index (κ2) is 4.84. The first-order chi connectivity index (χ1) is 10.3. The van der Waals surface area contributed by atoms with Crippen LogP contribution in [0.4, 0.5) is 5.82 Å². The number of hydrogen-bond donors (Lipinski definition) is 1. The van der Waals surface area contributed by atoms with Gasteiger partial charge in [0.15, 0.2) is 5.82 Å². The molecule has 1 saturated carbocycles. The van der Waals surface area contributed by atoms with E-state index in [1.54, 1.807) is 0 Å². The fraction of sp³-hybridized carbons (Fsp3) is 0.312. The zero-order chi connectivity index (χ0) is 14.2. The summed E-state index contributed by atoms with van der Waals surface area (Å²) in [6.07, 6.45) is 4.22. The Morgan fingerprint density at radius 1 is 1.19 bits per heavy atom. The van der Waals surface area contributed by atoms with Crippen LogP contribution in [0.25, 0.3) is 21.8 Å². The van der Waals surface area contributed by atoms with Crippen LogP contribution in [0.2, 0.25) is 0 Å². The van der Waals surface area contributed by atoms with E-state index < -0.39 is 0 Å². The third-order valence-electron chi connectivity index (χ3n) is 3.61. The van der Waals surface area contributed by atoms with E-state index in [2.05, 4.69) is 21.4 Å². The Kier molecular flexibility index (Phi) is 2.84. The van der Waals surface area contributed by atoms with Crippen molar-refractivity contribution in [3.8, 4) is 6.01 Å². The Morgan fingerprint density at radius 3 is 2.86 bits per heavy atom. The lowest BCUT2D eigenvalue weighted by molar-refractivity contribution is 0.314. The van der Waals surface area contributed by atoms with Gasteiger partial charge in [-0.25, -0.2) is 9.97 Å². The largest absolute Gasteiger partial charge is 0.464 e. The van der Waals surface area contributed by atoms with Crippen molar-refractivity contribution >= 4 is 27.6 Å². The van der Waals surface area contributed by atoms with Gasteiger partial charge in [-0.15, -0.1) is 0 Å². The van der Waals surface area contributed by atoms with Gasteiger partial charge in [-0.05, 0) is 25.8 Å². The SMILES string of the molecule is CCOc1ncc2c(n1)c(NC1CC1)nc1ccccc12. The second-order valence-electron chi connectivity index (χ2n) is 5.24. The number of nitrogens with one attached hydrogen (secondary N) is 1. The molecule has 2 heterocycles. The summed E-state index contributed by atoms with van der Waals surface area (Å²) in [7, 11) is 0. The summed E-state index contributed by atoms with van der Waals surface area (Å²) in [5.74, 6) is 0.828. The predicted octanol–water partition coefficient (Wildman–Crippen LogP) is 3.15. The molecule has 1 aliphatic carbocycles. The molecule has 0 atom stereocenters. The molecule has 0 unspecified atom stereocenters. The zero-order valence-electron chi connectivity index (χ0n) is 11.8. The number of aromatic nitrogens is 3. The molecule has 5 heteroatoms. The first kappa shape index (κ1) is 12.3. The van der Waals surface area contributed by atoms with Crippen molar-refractivity contribution in [1.82, 2.24) is 15.0 Å². The molecule has 1 aliphatic rings. The highest BCUT2D eigenvalue weighted by Crippen LogP contribution is 2.32. The first-order valence-electron chi connectivity index (χ1n) is 7.30. The van der Waals surface area contributed by atoms with Gasteiger partial charge in [-0.3, -0.25) is 0 Å². The minimum Gasteiger partial charge on any atom is -0.464 e. The third kappa shape index (κ3) is 2.24. The molecule has 4 rings (SSSR count). The number of anilines is 1. The van der Waals surface area contributed by atoms with Crippen LogP contribution in [0.3, 0.4) is 0 Å². The van der Waals surface area contributed by atoms with Gasteiger partial charge in [0.2, 0.25) is 0 Å². The van der Waals surface area contributed by atoms with E-state index in [0.717, 1.165) is 27.6 Å². The normalized spacial score (nSPS) is 14.5. The van der Waals surface area contributed by atoms with Crippen molar-refractivity contribution in [3.63, 3.8) is 0 Å². The van der Waals surface area contributed by atoms with Crippen molar-refractivity contribution in [3.05, 3.63) is 30.5 Å². The van der Waals surface area contributed by atoms with E-state index >= 15 is 0 Å². The van der Waals surface area contributed by atoms with Crippen molar-refractivity contribution in [1.29, 1.82) is 0 Å². The van der Waals surface area contributed by atoms with E-state index in [9.17, 15) is 0 Å². The van der Waals surface area contributed by atoms with Crippen LogP contribution >= 0.6 is 0 Å². The third-order valence-corrected chi connectivity index (χ3v) is 3.61. The molecule has 0 aliphatic heterocycles. The topological polar surface area (TPSA) is 59.9 Å². The Morgan fingerprint density at radius 2 is 2.05 bits per heavy atom. The minimum absolute atomic E-state index is 0.404. The molecule has 0 amide bonds. The van der Waals surface area contributed by atoms with Crippen molar-refractivity contribution in [2.75, 3.05) is 11.9 Å². The number of rotatable bonds is 4. The van der Waals surface area contributed by atoms with Gasteiger partial charge in [0.25, 0.3) is 0 Å². The van der Waals surface area contributed by atoms with Gasteiger partial charge in [-0.2, -0.15) is 4.98 Å². The summed E-state index contributed by atoms with van der Waals surface area (Å²) in [6, 6.07) is 9.00. The van der Waals surface area contributed by atoms with Gasteiger partial charge >= 0.3 is 6.01 Å². The fourth-order valence-corrected chi connectivity index (χ4v) is 2.44. The van der Waals surface area contributed by atoms with Gasteiger partial charge in [0.1, 0.15) is 5.52 Å². The number of hydrogen-bond acceptors (Lipinski definition) is 5. The smallest absolute Gasteiger partial charge is 0.317 e. The highest BCUT2D eigenvalue weighted by atomic mass is 16.5. The molecule has 1 fully saturated rings. The summed E-state index contributed by atoms with van der Waals surface area (Å²) < 4.78 is 5.42. The highest BCUT2D eigenvalue weighted by Gasteiger charge is 2.23. The average Bonchev–Trinajstić information content (AvgIpc) is 3.32. The molecule has 0 spiro atoms. The standard InChI is InChI=1S/C16H16N4O/c1-2-21-16-17-9-12-11-5-3-4-6-13(11)19-15(14(12)20-16)18-10-7-8-10/h3-6,9-10H,2,7-8H2,1H3,(H,18,19). The summed E-state index contributed by atoms with van der Waals surface area (Å²) in [5.41, 5.74) is 1.79. The average molecular weight is 280 g/mol. The fourth-order valence-electron chi connectivity index (χ4n) is 2.44. The lowest BCUT2D eigenvalue weighted by Crippen LogP contribution is -2.06. The summed E-state index contributed by atoms with van der Waals surface area (Å²) in [5, 5.41) is 5.54. The van der Waals surface area contributed by atoms with Crippen LogP contribution in [0.1, 0.15) is 19.8 Å². The number of nitrogens with zero attached hydrogens (tertiary/aromatic N) is 3. The summed E-state index contributed by atoms with van der Waals surface area (Å²) in [6.45, 7) is 2.48. The monoisotopic (exact) mass is 280 g/mol. The molecule has 0 bridgehead atoms. The molecule has 0 saturated heterocycles. The van der Waals surface area contributed by atoms with Gasteiger partial charge in [-0.1, -0.05) is 18.2 Å². The van der Waals surface area contributed by atoms with E-state index in [-0.39, 0.29) is 0 Å². The molecule has 1 N–H and O–H groups in total. The van der Waals surface area contributed by atoms with Crippen molar-refractivity contribution in [2.24, 2.45) is 0 Å². The Hall–Kier alpha value is -2.43. The van der Waals surface area contributed by atoms with E-state index in [4.69, 9.17) is 9.72 Å². The maximum Gasteiger partial charge on any atom is 0.317 e. The molecule has 106 valence electrons. The molecule has 5 nitrogen and oxygen atoms in total. The van der Waals surface area contributed by atoms with E-state index in [0.29, 0.717) is 18.7 Å². The predicted molar refractivity (Wildman–Crippen MR) is 82.7 cm³/mol. The van der Waals surface area contributed by atoms with Crippen molar-refractivity contribution in [2.45, 2.75) is 25.8 Å². The highest BCUT2D eigenvalue weighted by molar-refractivity contribution is 6.08. The molecule has 0 radical (unpaired) electrons. The summed E-state index contributed by atoms with van der Waals surface area (Å²) in [4.78, 5) is 13.6.